The molecule has 0 amide bonds. The van der Waals surface area contributed by atoms with Crippen LogP contribution in [-0.2, 0) is 19.8 Å². The number of nitrogens with zero attached hydrogens (tertiary/aromatic N) is 2. The van der Waals surface area contributed by atoms with Gasteiger partial charge < -0.3 is 30.5 Å². The van der Waals surface area contributed by atoms with Gasteiger partial charge >= 0.3 is 0 Å². The summed E-state index contributed by atoms with van der Waals surface area (Å²) in [6.45, 7) is 3.83. The van der Waals surface area contributed by atoms with Gasteiger partial charge in [0.2, 0.25) is 0 Å². The molecule has 0 atom stereocenters. The highest BCUT2D eigenvalue weighted by Crippen LogP contribution is 2.49. The Hall–Kier alpha value is -4.70. The number of rotatable bonds is 15. The minimum absolute atomic E-state index is 0.0715. The molecule has 0 fully saturated rings. The largest absolute Gasteiger partial charge is 0.488 e. The van der Waals surface area contributed by atoms with Gasteiger partial charge in [0.05, 0.1) is 35.4 Å². The van der Waals surface area contributed by atoms with E-state index in [4.69, 9.17) is 19.7 Å². The molecule has 4 aromatic carbocycles. The summed E-state index contributed by atoms with van der Waals surface area (Å²) >= 11 is 0. The van der Waals surface area contributed by atoms with Crippen molar-refractivity contribution in [2.75, 3.05) is 45.2 Å². The number of hydrogen-bond donors (Lipinski definition) is 4. The predicted molar refractivity (Wildman–Crippen MR) is 173 cm³/mol. The molecule has 0 saturated carbocycles. The van der Waals surface area contributed by atoms with Crippen LogP contribution in [0.4, 0.5) is 5.69 Å². The molecule has 0 bridgehead atoms. The molecule has 1 aliphatic rings. The maximum atomic E-state index is 14.7. The molecule has 0 aliphatic heterocycles. The quantitative estimate of drug-likeness (QED) is 0.128. The SMILES string of the molecule is CNCCn1nc2c3c(c(NCCNCCO)ccc31)C(=O)c1c(OCc3ccccc3)ccc(OCc3ccccc3)c1-2. The topological polar surface area (TPSA) is 110 Å². The van der Waals surface area contributed by atoms with Gasteiger partial charge in [-0.25, -0.2) is 0 Å². The van der Waals surface area contributed by atoms with E-state index in [0.717, 1.165) is 34.3 Å². The van der Waals surface area contributed by atoms with E-state index < -0.39 is 0 Å². The number of anilines is 1. The number of nitrogens with one attached hydrogen (secondary N) is 3. The summed E-state index contributed by atoms with van der Waals surface area (Å²) in [5.41, 5.74) is 6.04. The molecule has 1 heterocycles. The lowest BCUT2D eigenvalue weighted by atomic mass is 9.85. The first-order valence-electron chi connectivity index (χ1n) is 15.0. The zero-order valence-corrected chi connectivity index (χ0v) is 24.8. The third-order valence-electron chi connectivity index (χ3n) is 7.69. The van der Waals surface area contributed by atoms with Crippen LogP contribution in [0.15, 0.2) is 84.9 Å². The van der Waals surface area contributed by atoms with E-state index >= 15 is 0 Å². The van der Waals surface area contributed by atoms with Crippen LogP contribution in [-0.4, -0.2) is 60.5 Å². The van der Waals surface area contributed by atoms with E-state index in [9.17, 15) is 4.79 Å². The number of ketones is 1. The van der Waals surface area contributed by atoms with Crippen LogP contribution in [0.25, 0.3) is 22.2 Å². The highest BCUT2D eigenvalue weighted by atomic mass is 16.5. The van der Waals surface area contributed by atoms with E-state index in [1.807, 2.05) is 96.7 Å². The fourth-order valence-electron chi connectivity index (χ4n) is 5.57. The van der Waals surface area contributed by atoms with E-state index in [2.05, 4.69) is 16.0 Å². The first-order chi connectivity index (χ1) is 21.7. The Morgan fingerprint density at radius 1 is 0.750 bits per heavy atom. The number of ether oxygens (including phenoxy) is 2. The highest BCUT2D eigenvalue weighted by Gasteiger charge is 2.36. The molecule has 4 N–H and O–H groups in total. The first-order valence-corrected chi connectivity index (χ1v) is 15.0. The standard InChI is InChI=1S/C35H37N5O4/c1-36-18-20-40-27-13-12-26(38-17-16-37-19-21-41)30-31(27)34(39-40)32-28(43-22-24-8-4-2-5-9-24)14-15-29(33(32)35(30)42)44-23-25-10-6-3-7-11-25/h2-15,36-38,41H,16-23H2,1H3. The molecular formula is C35H37N5O4. The summed E-state index contributed by atoms with van der Waals surface area (Å²) in [6, 6.07) is 27.6. The monoisotopic (exact) mass is 591 g/mol. The first kappa shape index (κ1) is 29.4. The Morgan fingerprint density at radius 2 is 1.41 bits per heavy atom. The van der Waals surface area contributed by atoms with Gasteiger partial charge in [-0.05, 0) is 42.4 Å². The van der Waals surface area contributed by atoms with Gasteiger partial charge in [-0.2, -0.15) is 5.10 Å². The number of fused-ring (bicyclic) bond motifs is 2. The molecule has 1 aromatic heterocycles. The number of hydrogen-bond acceptors (Lipinski definition) is 8. The third-order valence-corrected chi connectivity index (χ3v) is 7.69. The summed E-state index contributed by atoms with van der Waals surface area (Å²) in [4.78, 5) is 14.7. The Balaban J connectivity index is 1.47. The lowest BCUT2D eigenvalue weighted by Gasteiger charge is -2.23. The van der Waals surface area contributed by atoms with Crippen molar-refractivity contribution >= 4 is 22.4 Å². The van der Waals surface area contributed by atoms with Crippen molar-refractivity contribution in [3.05, 3.63) is 107 Å². The molecular weight excluding hydrogens is 554 g/mol. The van der Waals surface area contributed by atoms with Crippen LogP contribution in [0.5, 0.6) is 11.5 Å². The van der Waals surface area contributed by atoms with Crippen molar-refractivity contribution in [3.63, 3.8) is 0 Å². The molecule has 0 spiro atoms. The number of aromatic nitrogens is 2. The highest BCUT2D eigenvalue weighted by molar-refractivity contribution is 6.29. The number of aliphatic hydroxyl groups excluding tert-OH is 1. The summed E-state index contributed by atoms with van der Waals surface area (Å²) in [7, 11) is 1.91. The van der Waals surface area contributed by atoms with Crippen LogP contribution in [0, 0.1) is 0 Å². The predicted octanol–water partition coefficient (Wildman–Crippen LogP) is 4.62. The second-order valence-corrected chi connectivity index (χ2v) is 10.6. The fourth-order valence-corrected chi connectivity index (χ4v) is 5.57. The molecule has 44 heavy (non-hydrogen) atoms. The van der Waals surface area contributed by atoms with Crippen molar-refractivity contribution in [3.8, 4) is 22.8 Å². The van der Waals surface area contributed by atoms with Crippen LogP contribution in [0.2, 0.25) is 0 Å². The molecule has 9 heteroatoms. The maximum Gasteiger partial charge on any atom is 0.200 e. The van der Waals surface area contributed by atoms with Crippen LogP contribution >= 0.6 is 0 Å². The fraction of sp³-hybridized carbons (Fsp3) is 0.257. The van der Waals surface area contributed by atoms with Crippen LogP contribution < -0.4 is 25.4 Å². The van der Waals surface area contributed by atoms with Gasteiger partial charge in [0.25, 0.3) is 0 Å². The number of aliphatic hydroxyl groups is 1. The summed E-state index contributed by atoms with van der Waals surface area (Å²) in [5.74, 6) is 0.941. The van der Waals surface area contributed by atoms with Gasteiger partial charge in [0.1, 0.15) is 30.4 Å². The number of likely N-dealkylation sites (N-methyl/N-ethyl adjacent to an activating group) is 1. The Morgan fingerprint density at radius 3 is 2.05 bits per heavy atom. The average molecular weight is 592 g/mol. The van der Waals surface area contributed by atoms with Gasteiger partial charge in [-0.1, -0.05) is 60.7 Å². The molecule has 5 aromatic rings. The zero-order valence-electron chi connectivity index (χ0n) is 24.8. The van der Waals surface area contributed by atoms with Crippen LogP contribution in [0.1, 0.15) is 27.0 Å². The smallest absolute Gasteiger partial charge is 0.200 e. The van der Waals surface area contributed by atoms with Gasteiger partial charge in [-0.3, -0.25) is 9.48 Å². The number of carbonyl (C=O) groups is 1. The van der Waals surface area contributed by atoms with Crippen molar-refractivity contribution in [1.82, 2.24) is 20.4 Å². The molecule has 0 unspecified atom stereocenters. The summed E-state index contributed by atoms with van der Waals surface area (Å²) in [6.07, 6.45) is 0. The molecule has 226 valence electrons. The summed E-state index contributed by atoms with van der Waals surface area (Å²) in [5, 5.41) is 24.8. The lowest BCUT2D eigenvalue weighted by molar-refractivity contribution is 0.103. The minimum Gasteiger partial charge on any atom is -0.488 e. The van der Waals surface area contributed by atoms with Crippen molar-refractivity contribution in [2.45, 2.75) is 19.8 Å². The van der Waals surface area contributed by atoms with E-state index in [1.54, 1.807) is 0 Å². The Bertz CT molecular complexity index is 1740. The Labute approximate surface area is 256 Å². The van der Waals surface area contributed by atoms with E-state index in [1.165, 1.54) is 0 Å². The third kappa shape index (κ3) is 6.03. The normalized spacial score (nSPS) is 11.9. The van der Waals surface area contributed by atoms with Crippen molar-refractivity contribution in [1.29, 1.82) is 0 Å². The van der Waals surface area contributed by atoms with Gasteiger partial charge in [0.15, 0.2) is 5.78 Å². The Kier molecular flexibility index (Phi) is 9.17. The van der Waals surface area contributed by atoms with Crippen LogP contribution in [0.3, 0.4) is 0 Å². The second-order valence-electron chi connectivity index (χ2n) is 10.6. The average Bonchev–Trinajstić information content (AvgIpc) is 3.43. The lowest BCUT2D eigenvalue weighted by Crippen LogP contribution is -2.25. The summed E-state index contributed by atoms with van der Waals surface area (Å²) < 4.78 is 14.7. The van der Waals surface area contributed by atoms with E-state index in [-0.39, 0.29) is 12.4 Å². The molecule has 6 rings (SSSR count). The molecule has 0 saturated heterocycles. The second kappa shape index (κ2) is 13.7. The van der Waals surface area contributed by atoms with E-state index in [0.29, 0.717) is 73.3 Å². The van der Waals surface area contributed by atoms with Crippen molar-refractivity contribution in [2.24, 2.45) is 0 Å². The molecule has 9 nitrogen and oxygen atoms in total. The van der Waals surface area contributed by atoms with Gasteiger partial charge in [0, 0.05) is 37.3 Å². The van der Waals surface area contributed by atoms with Gasteiger partial charge in [-0.15, -0.1) is 0 Å². The number of carbonyl (C=O) groups excluding carboxylic acids is 1. The molecule has 0 radical (unpaired) electrons. The maximum absolute atomic E-state index is 14.7. The van der Waals surface area contributed by atoms with Crippen molar-refractivity contribution < 1.29 is 19.4 Å². The zero-order chi connectivity index (χ0) is 30.3. The molecule has 1 aliphatic carbocycles. The number of benzene rings is 4. The minimum atomic E-state index is -0.134.